The van der Waals surface area contributed by atoms with Crippen LogP contribution in [-0.2, 0) is 19.5 Å². The first kappa shape index (κ1) is 23.0. The number of nitrogen functional groups attached to an aromatic ring is 1. The van der Waals surface area contributed by atoms with Crippen LogP contribution >= 0.6 is 0 Å². The van der Waals surface area contributed by atoms with E-state index in [1.54, 1.807) is 0 Å². The van der Waals surface area contributed by atoms with Crippen LogP contribution in [0.3, 0.4) is 0 Å². The van der Waals surface area contributed by atoms with Crippen LogP contribution in [0.5, 0.6) is 5.75 Å². The molecule has 188 valence electrons. The van der Waals surface area contributed by atoms with E-state index in [0.717, 1.165) is 78.3 Å². The van der Waals surface area contributed by atoms with E-state index in [9.17, 15) is 5.21 Å². The summed E-state index contributed by atoms with van der Waals surface area (Å²) in [7, 11) is 2.15. The quantitative estimate of drug-likeness (QED) is 0.599. The second-order valence-electron chi connectivity index (χ2n) is 10.1. The van der Waals surface area contributed by atoms with Crippen LogP contribution in [0.15, 0.2) is 42.5 Å². The van der Waals surface area contributed by atoms with Crippen molar-refractivity contribution >= 4 is 17.6 Å². The summed E-state index contributed by atoms with van der Waals surface area (Å²) in [5.41, 5.74) is 12.0. The number of nitrogens with zero attached hydrogens (tertiary/aromatic N) is 6. The van der Waals surface area contributed by atoms with Crippen molar-refractivity contribution in [3.8, 4) is 16.9 Å². The summed E-state index contributed by atoms with van der Waals surface area (Å²) in [6.45, 7) is 7.32. The Hall–Kier alpha value is -3.40. The summed E-state index contributed by atoms with van der Waals surface area (Å²) in [4.78, 5) is 16.1. The van der Waals surface area contributed by atoms with Crippen molar-refractivity contribution in [3.05, 3.63) is 64.4 Å². The predicted octanol–water partition coefficient (Wildman–Crippen LogP) is 3.08. The number of benzene rings is 2. The Bertz CT molecular complexity index is 1270. The maximum absolute atomic E-state index is 11.8. The summed E-state index contributed by atoms with van der Waals surface area (Å²) in [6.07, 6.45) is 0.937. The van der Waals surface area contributed by atoms with Crippen molar-refractivity contribution in [2.24, 2.45) is 0 Å². The monoisotopic (exact) mass is 486 g/mol. The maximum Gasteiger partial charge on any atom is 0.223 e. The highest BCUT2D eigenvalue weighted by atomic mass is 16.6. The SMILES string of the molecule is CC1Cc2ccc(-c3ccc4c(c3)CN([O-])CO4)cc2CN1c1cc(N2CCN(C)CC2)nc(N)n1. The standard InChI is InChI=1S/C27H32N7O2/c1-18-11-19-3-4-20(21-5-6-24-23(13-21)15-33(35)17-36-24)12-22(19)16-34(18)26-14-25(29-27(28)30-26)32-9-7-31(2)8-10-32/h3-6,12-14,18H,7-11,15-17H2,1-2H3,(H2,28,29,30)/q-1. The minimum atomic E-state index is 0.0866. The van der Waals surface area contributed by atoms with Crippen molar-refractivity contribution in [2.45, 2.75) is 32.5 Å². The molecular formula is C27H32N7O2-. The second kappa shape index (κ2) is 9.24. The van der Waals surface area contributed by atoms with E-state index in [1.807, 2.05) is 6.07 Å². The van der Waals surface area contributed by atoms with Gasteiger partial charge in [-0.05, 0) is 60.8 Å². The Labute approximate surface area is 211 Å². The molecule has 0 amide bonds. The normalized spacial score (nSPS) is 20.6. The van der Waals surface area contributed by atoms with Crippen molar-refractivity contribution in [2.75, 3.05) is 55.5 Å². The lowest BCUT2D eigenvalue weighted by Gasteiger charge is -2.37. The molecule has 0 radical (unpaired) electrons. The first-order chi connectivity index (χ1) is 17.4. The molecule has 1 atom stereocenters. The van der Waals surface area contributed by atoms with Gasteiger partial charge in [0.05, 0.1) is 0 Å². The van der Waals surface area contributed by atoms with Crippen LogP contribution in [0, 0.1) is 5.21 Å². The van der Waals surface area contributed by atoms with E-state index in [2.05, 4.69) is 75.0 Å². The number of rotatable bonds is 3. The van der Waals surface area contributed by atoms with E-state index in [1.165, 1.54) is 11.1 Å². The minimum Gasteiger partial charge on any atom is -0.783 e. The van der Waals surface area contributed by atoms with Crippen molar-refractivity contribution in [3.63, 3.8) is 0 Å². The third-order valence-corrected chi connectivity index (χ3v) is 7.54. The van der Waals surface area contributed by atoms with E-state index < -0.39 is 0 Å². The van der Waals surface area contributed by atoms with Gasteiger partial charge in [0.2, 0.25) is 5.95 Å². The van der Waals surface area contributed by atoms with Gasteiger partial charge in [0.25, 0.3) is 0 Å². The predicted molar refractivity (Wildman–Crippen MR) is 142 cm³/mol. The molecule has 0 aliphatic carbocycles. The summed E-state index contributed by atoms with van der Waals surface area (Å²) >= 11 is 0. The van der Waals surface area contributed by atoms with Crippen LogP contribution in [0.1, 0.15) is 23.6 Å². The molecule has 6 rings (SSSR count). The molecule has 1 saturated heterocycles. The second-order valence-corrected chi connectivity index (χ2v) is 10.1. The maximum atomic E-state index is 11.8. The zero-order chi connectivity index (χ0) is 24.8. The molecule has 1 aromatic heterocycles. The lowest BCUT2D eigenvalue weighted by Crippen LogP contribution is -2.45. The third-order valence-electron chi connectivity index (χ3n) is 7.54. The lowest BCUT2D eigenvalue weighted by atomic mass is 9.91. The van der Waals surface area contributed by atoms with Crippen molar-refractivity contribution in [1.82, 2.24) is 19.9 Å². The number of piperazine rings is 1. The average molecular weight is 487 g/mol. The van der Waals surface area contributed by atoms with Gasteiger partial charge in [-0.3, -0.25) is 0 Å². The molecule has 1 unspecified atom stereocenters. The number of anilines is 3. The molecule has 2 aromatic carbocycles. The highest BCUT2D eigenvalue weighted by Gasteiger charge is 2.26. The topological polar surface area (TPSA) is 97.1 Å². The summed E-state index contributed by atoms with van der Waals surface area (Å²) in [6, 6.07) is 15.2. The van der Waals surface area contributed by atoms with Gasteiger partial charge < -0.3 is 35.4 Å². The molecule has 3 aromatic rings. The zero-order valence-electron chi connectivity index (χ0n) is 20.9. The summed E-state index contributed by atoms with van der Waals surface area (Å²) < 4.78 is 5.54. The minimum absolute atomic E-state index is 0.0866. The Morgan fingerprint density at radius 2 is 1.61 bits per heavy atom. The third kappa shape index (κ3) is 4.45. The molecule has 2 N–H and O–H groups in total. The number of fused-ring (bicyclic) bond motifs is 2. The molecule has 9 nitrogen and oxygen atoms in total. The van der Waals surface area contributed by atoms with Gasteiger partial charge in [0.15, 0.2) is 0 Å². The molecule has 0 spiro atoms. The highest BCUT2D eigenvalue weighted by Crippen LogP contribution is 2.34. The number of hydroxylamine groups is 2. The number of nitrogens with two attached hydrogens (primary N) is 1. The first-order valence-electron chi connectivity index (χ1n) is 12.6. The molecular weight excluding hydrogens is 454 g/mol. The van der Waals surface area contributed by atoms with Gasteiger partial charge in [-0.15, -0.1) is 0 Å². The van der Waals surface area contributed by atoms with Crippen LogP contribution in [0.25, 0.3) is 11.1 Å². The fraction of sp³-hybridized carbons (Fsp3) is 0.407. The molecule has 4 heterocycles. The number of hydrogen-bond acceptors (Lipinski definition) is 9. The summed E-state index contributed by atoms with van der Waals surface area (Å²) in [5, 5.41) is 12.7. The van der Waals surface area contributed by atoms with E-state index in [0.29, 0.717) is 18.5 Å². The smallest absolute Gasteiger partial charge is 0.223 e. The van der Waals surface area contributed by atoms with Gasteiger partial charge in [-0.2, -0.15) is 9.97 Å². The van der Waals surface area contributed by atoms with E-state index >= 15 is 0 Å². The van der Waals surface area contributed by atoms with Crippen LogP contribution in [-0.4, -0.2) is 65.9 Å². The average Bonchev–Trinajstić information content (AvgIpc) is 2.87. The summed E-state index contributed by atoms with van der Waals surface area (Å²) in [5.74, 6) is 2.89. The number of aromatic nitrogens is 2. The zero-order valence-corrected chi connectivity index (χ0v) is 20.9. The first-order valence-corrected chi connectivity index (χ1v) is 12.6. The molecule has 0 saturated carbocycles. The Kier molecular flexibility index (Phi) is 5.91. The van der Waals surface area contributed by atoms with Crippen molar-refractivity contribution < 1.29 is 4.74 Å². The van der Waals surface area contributed by atoms with Gasteiger partial charge in [0, 0.05) is 56.9 Å². The number of likely N-dealkylation sites (N-methyl/N-ethyl adjacent to an activating group) is 1. The van der Waals surface area contributed by atoms with Gasteiger partial charge in [-0.1, -0.05) is 18.2 Å². The Morgan fingerprint density at radius 1 is 0.889 bits per heavy atom. The van der Waals surface area contributed by atoms with Crippen LogP contribution in [0.4, 0.5) is 17.6 Å². The highest BCUT2D eigenvalue weighted by molar-refractivity contribution is 5.68. The lowest BCUT2D eigenvalue weighted by molar-refractivity contribution is 0.141. The fourth-order valence-corrected chi connectivity index (χ4v) is 5.41. The Balaban J connectivity index is 1.28. The van der Waals surface area contributed by atoms with Crippen LogP contribution < -0.4 is 20.3 Å². The molecule has 1 fully saturated rings. The van der Waals surface area contributed by atoms with E-state index in [-0.39, 0.29) is 6.73 Å². The molecule has 3 aliphatic heterocycles. The Morgan fingerprint density at radius 3 is 2.42 bits per heavy atom. The van der Waals surface area contributed by atoms with Gasteiger partial charge in [-0.25, -0.2) is 0 Å². The molecule has 0 bridgehead atoms. The number of hydrogen-bond donors (Lipinski definition) is 1. The fourth-order valence-electron chi connectivity index (χ4n) is 5.41. The van der Waals surface area contributed by atoms with E-state index in [4.69, 9.17) is 10.5 Å². The van der Waals surface area contributed by atoms with Gasteiger partial charge in [0.1, 0.15) is 24.1 Å². The molecule has 3 aliphatic rings. The number of ether oxygens (including phenoxy) is 1. The molecule has 9 heteroatoms. The van der Waals surface area contributed by atoms with Crippen LogP contribution in [0.2, 0.25) is 0 Å². The largest absolute Gasteiger partial charge is 0.783 e. The molecule has 36 heavy (non-hydrogen) atoms. The van der Waals surface area contributed by atoms with Gasteiger partial charge >= 0.3 is 0 Å². The van der Waals surface area contributed by atoms with Crippen molar-refractivity contribution in [1.29, 1.82) is 0 Å².